The third-order valence-corrected chi connectivity index (χ3v) is 3.48. The van der Waals surface area contributed by atoms with E-state index in [2.05, 4.69) is 42.1 Å². The fourth-order valence-electron chi connectivity index (χ4n) is 1.72. The number of rotatable bonds is 2. The molecular weight excluding hydrogens is 178 g/mol. The highest BCUT2D eigenvalue weighted by atomic mass is 32.2. The van der Waals surface area contributed by atoms with Crippen LogP contribution in [-0.4, -0.2) is 24.6 Å². The second-order valence-electron chi connectivity index (χ2n) is 3.52. The average Bonchev–Trinajstić information content (AvgIpc) is 2.21. The summed E-state index contributed by atoms with van der Waals surface area (Å²) in [6.45, 7) is 3.88. The molecule has 0 bridgehead atoms. The number of thioether (sulfide) groups is 1. The van der Waals surface area contributed by atoms with Gasteiger partial charge in [-0.25, -0.2) is 0 Å². The zero-order valence-corrected chi connectivity index (χ0v) is 8.65. The summed E-state index contributed by atoms with van der Waals surface area (Å²) in [4.78, 5) is 1.74. The number of hydrogen-bond acceptors (Lipinski definition) is 1. The molecule has 13 heavy (non-hydrogen) atoms. The lowest BCUT2D eigenvalue weighted by Gasteiger charge is -2.23. The summed E-state index contributed by atoms with van der Waals surface area (Å²) in [6, 6.07) is 10.8. The van der Waals surface area contributed by atoms with Gasteiger partial charge in [0.2, 0.25) is 0 Å². The van der Waals surface area contributed by atoms with Crippen LogP contribution in [0, 0.1) is 0 Å². The van der Waals surface area contributed by atoms with E-state index in [-0.39, 0.29) is 0 Å². The lowest BCUT2D eigenvalue weighted by molar-refractivity contribution is -0.910. The Morgan fingerprint density at radius 3 is 2.46 bits per heavy atom. The van der Waals surface area contributed by atoms with Crippen LogP contribution in [0.2, 0.25) is 0 Å². The van der Waals surface area contributed by atoms with Crippen molar-refractivity contribution in [2.75, 3.05) is 24.6 Å². The maximum Gasteiger partial charge on any atom is 0.103 e. The molecule has 0 atom stereocenters. The van der Waals surface area contributed by atoms with E-state index < -0.39 is 0 Å². The van der Waals surface area contributed by atoms with Crippen LogP contribution >= 0.6 is 11.8 Å². The van der Waals surface area contributed by atoms with Gasteiger partial charge < -0.3 is 4.90 Å². The lowest BCUT2D eigenvalue weighted by atomic mass is 10.2. The molecule has 70 valence electrons. The van der Waals surface area contributed by atoms with Crippen LogP contribution in [0.15, 0.2) is 30.3 Å². The molecule has 1 aromatic carbocycles. The quantitative estimate of drug-likeness (QED) is 0.730. The first-order chi connectivity index (χ1) is 6.45. The van der Waals surface area contributed by atoms with E-state index in [1.54, 1.807) is 4.90 Å². The number of benzene rings is 1. The summed E-state index contributed by atoms with van der Waals surface area (Å²) < 4.78 is 0. The van der Waals surface area contributed by atoms with E-state index in [0.29, 0.717) is 0 Å². The van der Waals surface area contributed by atoms with Gasteiger partial charge in [-0.05, 0) is 0 Å². The maximum atomic E-state index is 2.23. The Morgan fingerprint density at radius 2 is 1.77 bits per heavy atom. The zero-order chi connectivity index (χ0) is 8.93. The normalized spacial score (nSPS) is 18.8. The van der Waals surface area contributed by atoms with Gasteiger partial charge in [-0.3, -0.25) is 0 Å². The molecule has 0 radical (unpaired) electrons. The van der Waals surface area contributed by atoms with Crippen molar-refractivity contribution >= 4 is 11.8 Å². The Morgan fingerprint density at radius 1 is 1.08 bits per heavy atom. The van der Waals surface area contributed by atoms with E-state index in [0.717, 1.165) is 0 Å². The molecule has 0 saturated carbocycles. The molecule has 2 heteroatoms. The molecule has 1 saturated heterocycles. The van der Waals surface area contributed by atoms with Crippen LogP contribution < -0.4 is 4.90 Å². The minimum absolute atomic E-state index is 1.21. The first-order valence-corrected chi connectivity index (χ1v) is 6.06. The summed E-state index contributed by atoms with van der Waals surface area (Å²) in [5, 5.41) is 0. The second kappa shape index (κ2) is 4.68. The first kappa shape index (κ1) is 9.10. The Bertz CT molecular complexity index is 242. The summed E-state index contributed by atoms with van der Waals surface area (Å²) >= 11 is 2.09. The van der Waals surface area contributed by atoms with Crippen molar-refractivity contribution < 1.29 is 4.90 Å². The molecule has 0 aliphatic carbocycles. The van der Waals surface area contributed by atoms with Crippen LogP contribution in [0.3, 0.4) is 0 Å². The van der Waals surface area contributed by atoms with E-state index >= 15 is 0 Å². The van der Waals surface area contributed by atoms with Gasteiger partial charge in [0.1, 0.15) is 6.54 Å². The number of nitrogens with one attached hydrogen (secondary N) is 1. The standard InChI is InChI=1S/C11H15NS/c1-2-4-11(5-3-1)10-12-6-8-13-9-7-12/h1-5H,6-10H2/p+1. The van der Waals surface area contributed by atoms with Crippen LogP contribution in [-0.2, 0) is 6.54 Å². The summed E-state index contributed by atoms with van der Waals surface area (Å²) in [6.07, 6.45) is 0. The molecule has 0 aromatic heterocycles. The van der Waals surface area contributed by atoms with Gasteiger partial charge in [0.15, 0.2) is 0 Å². The molecule has 1 aliphatic heterocycles. The van der Waals surface area contributed by atoms with Crippen molar-refractivity contribution in [2.45, 2.75) is 6.54 Å². The van der Waals surface area contributed by atoms with Crippen molar-refractivity contribution in [2.24, 2.45) is 0 Å². The highest BCUT2D eigenvalue weighted by Crippen LogP contribution is 2.00. The Kier molecular flexibility index (Phi) is 3.27. The topological polar surface area (TPSA) is 4.44 Å². The molecule has 1 aromatic rings. The third kappa shape index (κ3) is 2.75. The largest absolute Gasteiger partial charge is 0.330 e. The molecule has 1 aliphatic rings. The summed E-state index contributed by atoms with van der Waals surface area (Å²) in [5.41, 5.74) is 1.48. The van der Waals surface area contributed by atoms with Crippen LogP contribution in [0.1, 0.15) is 5.56 Å². The molecule has 1 nitrogen and oxygen atoms in total. The van der Waals surface area contributed by atoms with Crippen LogP contribution in [0.4, 0.5) is 0 Å². The predicted octanol–water partition coefficient (Wildman–Crippen LogP) is 0.818. The Labute approximate surface area is 84.1 Å². The molecule has 1 N–H and O–H groups in total. The van der Waals surface area contributed by atoms with Gasteiger partial charge in [0.25, 0.3) is 0 Å². The van der Waals surface area contributed by atoms with Crippen molar-refractivity contribution in [3.05, 3.63) is 35.9 Å². The van der Waals surface area contributed by atoms with Gasteiger partial charge in [-0.1, -0.05) is 30.3 Å². The molecular formula is C11H16NS+. The van der Waals surface area contributed by atoms with Gasteiger partial charge in [0.05, 0.1) is 13.1 Å². The van der Waals surface area contributed by atoms with Gasteiger partial charge in [-0.2, -0.15) is 11.8 Å². The maximum absolute atomic E-state index is 2.23. The SMILES string of the molecule is c1ccc(C[NH+]2CCSCC2)cc1. The second-order valence-corrected chi connectivity index (χ2v) is 4.75. The Balaban J connectivity index is 1.90. The molecule has 1 fully saturated rings. The average molecular weight is 194 g/mol. The highest BCUT2D eigenvalue weighted by molar-refractivity contribution is 7.99. The van der Waals surface area contributed by atoms with Crippen molar-refractivity contribution in [1.29, 1.82) is 0 Å². The Hall–Kier alpha value is -0.470. The predicted molar refractivity (Wildman–Crippen MR) is 58.2 cm³/mol. The van der Waals surface area contributed by atoms with Crippen molar-refractivity contribution in [3.8, 4) is 0 Å². The first-order valence-electron chi connectivity index (χ1n) is 4.90. The van der Waals surface area contributed by atoms with Crippen molar-refractivity contribution in [1.82, 2.24) is 0 Å². The van der Waals surface area contributed by atoms with Crippen LogP contribution in [0.5, 0.6) is 0 Å². The van der Waals surface area contributed by atoms with Crippen molar-refractivity contribution in [3.63, 3.8) is 0 Å². The van der Waals surface area contributed by atoms with Gasteiger partial charge >= 0.3 is 0 Å². The summed E-state index contributed by atoms with van der Waals surface area (Å²) in [5.74, 6) is 2.67. The molecule has 0 spiro atoms. The zero-order valence-electron chi connectivity index (χ0n) is 7.83. The minimum atomic E-state index is 1.21. The smallest absolute Gasteiger partial charge is 0.103 e. The molecule has 0 unspecified atom stereocenters. The fraction of sp³-hybridized carbons (Fsp3) is 0.455. The van der Waals surface area contributed by atoms with E-state index in [9.17, 15) is 0 Å². The number of hydrogen-bond donors (Lipinski definition) is 1. The van der Waals surface area contributed by atoms with Crippen LogP contribution in [0.25, 0.3) is 0 Å². The van der Waals surface area contributed by atoms with E-state index in [4.69, 9.17) is 0 Å². The van der Waals surface area contributed by atoms with E-state index in [1.165, 1.54) is 36.7 Å². The highest BCUT2D eigenvalue weighted by Gasteiger charge is 2.13. The minimum Gasteiger partial charge on any atom is -0.330 e. The molecule has 2 rings (SSSR count). The van der Waals surface area contributed by atoms with E-state index in [1.807, 2.05) is 0 Å². The monoisotopic (exact) mass is 194 g/mol. The summed E-state index contributed by atoms with van der Waals surface area (Å²) in [7, 11) is 0. The fourth-order valence-corrected chi connectivity index (χ4v) is 2.79. The number of quaternary nitrogens is 1. The van der Waals surface area contributed by atoms with Gasteiger partial charge in [-0.15, -0.1) is 0 Å². The molecule has 0 amide bonds. The third-order valence-electron chi connectivity index (χ3n) is 2.50. The van der Waals surface area contributed by atoms with Gasteiger partial charge in [0, 0.05) is 17.1 Å². The molecule has 1 heterocycles. The lowest BCUT2D eigenvalue weighted by Crippen LogP contribution is -3.12.